The van der Waals surface area contributed by atoms with Crippen LogP contribution in [0.1, 0.15) is 22.6 Å². The van der Waals surface area contributed by atoms with Gasteiger partial charge in [-0.1, -0.05) is 22.0 Å². The van der Waals surface area contributed by atoms with Gasteiger partial charge in [-0.2, -0.15) is 0 Å². The normalized spacial score (nSPS) is 12.3. The summed E-state index contributed by atoms with van der Waals surface area (Å²) in [6, 6.07) is 1.81. The van der Waals surface area contributed by atoms with Gasteiger partial charge in [-0.15, -0.1) is 0 Å². The van der Waals surface area contributed by atoms with E-state index in [4.69, 9.17) is 15.6 Å². The number of aliphatic carboxylic acids is 1. The first-order chi connectivity index (χ1) is 7.93. The van der Waals surface area contributed by atoms with E-state index in [2.05, 4.69) is 15.9 Å². The van der Waals surface area contributed by atoms with Gasteiger partial charge in [0, 0.05) is 22.1 Å². The van der Waals surface area contributed by atoms with E-state index >= 15 is 0 Å². The number of carboxylic acids is 1. The first-order valence-corrected chi connectivity index (χ1v) is 5.99. The van der Waals surface area contributed by atoms with Crippen molar-refractivity contribution in [3.05, 3.63) is 27.2 Å². The topological polar surface area (TPSA) is 72.5 Å². The molecule has 0 bridgehead atoms. The fraction of sp³-hybridized carbons (Fsp3) is 0.417. The molecule has 17 heavy (non-hydrogen) atoms. The van der Waals surface area contributed by atoms with Crippen molar-refractivity contribution in [2.75, 3.05) is 13.7 Å². The number of methoxy groups -OCH3 is 1. The van der Waals surface area contributed by atoms with Gasteiger partial charge in [-0.3, -0.25) is 4.79 Å². The maximum absolute atomic E-state index is 11.2. The summed E-state index contributed by atoms with van der Waals surface area (Å²) in [5.74, 6) is -1.09. The van der Waals surface area contributed by atoms with Crippen LogP contribution in [0.15, 0.2) is 10.5 Å². The summed E-state index contributed by atoms with van der Waals surface area (Å²) in [6.07, 6.45) is 0. The number of nitrogens with two attached hydrogens (primary N) is 1. The molecule has 94 valence electrons. The van der Waals surface area contributed by atoms with Crippen molar-refractivity contribution in [1.82, 2.24) is 0 Å². The maximum atomic E-state index is 11.2. The number of ether oxygens (including phenoxy) is 1. The van der Waals surface area contributed by atoms with Crippen molar-refractivity contribution in [2.45, 2.75) is 19.8 Å². The largest absolute Gasteiger partial charge is 0.496 e. The molecular weight excluding hydrogens is 286 g/mol. The molecule has 5 heteroatoms. The second-order valence-corrected chi connectivity index (χ2v) is 4.67. The van der Waals surface area contributed by atoms with Crippen LogP contribution in [0.4, 0.5) is 0 Å². The number of hydrogen-bond donors (Lipinski definition) is 2. The van der Waals surface area contributed by atoms with Crippen LogP contribution in [0.2, 0.25) is 0 Å². The number of carboxylic acid groups (broad SMARTS) is 1. The molecular formula is C12H16BrNO3. The Labute approximate surface area is 109 Å². The molecule has 1 atom stereocenters. The van der Waals surface area contributed by atoms with E-state index in [0.717, 1.165) is 15.6 Å². The fourth-order valence-corrected chi connectivity index (χ4v) is 2.16. The third-order valence-electron chi connectivity index (χ3n) is 2.76. The lowest BCUT2D eigenvalue weighted by Gasteiger charge is -2.19. The Bertz CT molecular complexity index is 446. The molecule has 0 aliphatic rings. The van der Waals surface area contributed by atoms with Crippen LogP contribution in [0, 0.1) is 13.8 Å². The van der Waals surface area contributed by atoms with Gasteiger partial charge in [0.1, 0.15) is 5.75 Å². The van der Waals surface area contributed by atoms with Crippen LogP contribution in [-0.4, -0.2) is 24.7 Å². The number of rotatable bonds is 4. The molecule has 1 aromatic carbocycles. The third-order valence-corrected chi connectivity index (χ3v) is 3.98. The Kier molecular flexibility index (Phi) is 4.54. The number of benzene rings is 1. The number of halogens is 1. The highest BCUT2D eigenvalue weighted by Gasteiger charge is 2.24. The summed E-state index contributed by atoms with van der Waals surface area (Å²) < 4.78 is 6.23. The van der Waals surface area contributed by atoms with Crippen LogP contribution in [0.5, 0.6) is 5.75 Å². The molecule has 0 amide bonds. The second-order valence-electron chi connectivity index (χ2n) is 3.88. The lowest BCUT2D eigenvalue weighted by molar-refractivity contribution is -0.138. The minimum atomic E-state index is -0.938. The summed E-state index contributed by atoms with van der Waals surface area (Å²) >= 11 is 3.45. The SMILES string of the molecule is COc1c(C(CN)C(=O)O)cc(C)c(Br)c1C. The number of aryl methyl sites for hydroxylation is 1. The average molecular weight is 302 g/mol. The molecule has 0 fully saturated rings. The van der Waals surface area contributed by atoms with Crippen LogP contribution < -0.4 is 10.5 Å². The highest BCUT2D eigenvalue weighted by Crippen LogP contribution is 2.36. The van der Waals surface area contributed by atoms with E-state index in [1.54, 1.807) is 0 Å². The lowest BCUT2D eigenvalue weighted by Crippen LogP contribution is -2.22. The molecule has 0 saturated heterocycles. The molecule has 1 aromatic rings. The van der Waals surface area contributed by atoms with Crippen LogP contribution >= 0.6 is 15.9 Å². The summed E-state index contributed by atoms with van der Waals surface area (Å²) in [7, 11) is 1.53. The molecule has 0 radical (unpaired) electrons. The van der Waals surface area contributed by atoms with Gasteiger partial charge in [0.25, 0.3) is 0 Å². The van der Waals surface area contributed by atoms with Crippen LogP contribution in [0.3, 0.4) is 0 Å². The van der Waals surface area contributed by atoms with E-state index in [0.29, 0.717) is 11.3 Å². The Morgan fingerprint density at radius 2 is 2.18 bits per heavy atom. The van der Waals surface area contributed by atoms with Crippen molar-refractivity contribution in [2.24, 2.45) is 5.73 Å². The van der Waals surface area contributed by atoms with Gasteiger partial charge in [0.2, 0.25) is 0 Å². The molecule has 0 aromatic heterocycles. The molecule has 0 spiro atoms. The van der Waals surface area contributed by atoms with E-state index in [1.165, 1.54) is 7.11 Å². The Balaban J connectivity index is 3.46. The molecule has 0 saturated carbocycles. The van der Waals surface area contributed by atoms with Gasteiger partial charge < -0.3 is 15.6 Å². The maximum Gasteiger partial charge on any atom is 0.312 e. The van der Waals surface area contributed by atoms with Crippen LogP contribution in [-0.2, 0) is 4.79 Å². The van der Waals surface area contributed by atoms with Crippen molar-refractivity contribution in [3.63, 3.8) is 0 Å². The molecule has 1 unspecified atom stereocenters. The fourth-order valence-electron chi connectivity index (χ4n) is 1.86. The summed E-state index contributed by atoms with van der Waals surface area (Å²) in [4.78, 5) is 11.2. The Hall–Kier alpha value is -1.07. The van der Waals surface area contributed by atoms with Gasteiger partial charge in [0.05, 0.1) is 13.0 Å². The standard InChI is InChI=1S/C12H16BrNO3/c1-6-4-8(9(5-14)12(15)16)11(17-3)7(2)10(6)13/h4,9H,5,14H2,1-3H3,(H,15,16). The molecule has 0 aliphatic heterocycles. The highest BCUT2D eigenvalue weighted by molar-refractivity contribution is 9.10. The molecule has 1 rings (SSSR count). The summed E-state index contributed by atoms with van der Waals surface area (Å²) in [5, 5.41) is 9.15. The first kappa shape index (κ1) is 14.0. The number of hydrogen-bond acceptors (Lipinski definition) is 3. The van der Waals surface area contributed by atoms with E-state index in [1.807, 2.05) is 19.9 Å². The molecule has 3 N–H and O–H groups in total. The molecule has 0 heterocycles. The zero-order valence-corrected chi connectivity index (χ0v) is 11.7. The Morgan fingerprint density at radius 1 is 1.59 bits per heavy atom. The van der Waals surface area contributed by atoms with Crippen LogP contribution in [0.25, 0.3) is 0 Å². The van der Waals surface area contributed by atoms with Crippen molar-refractivity contribution in [3.8, 4) is 5.75 Å². The first-order valence-electron chi connectivity index (χ1n) is 5.20. The second kappa shape index (κ2) is 5.51. The zero-order chi connectivity index (χ0) is 13.2. The van der Waals surface area contributed by atoms with E-state index < -0.39 is 11.9 Å². The smallest absolute Gasteiger partial charge is 0.312 e. The van der Waals surface area contributed by atoms with Gasteiger partial charge in [-0.05, 0) is 19.4 Å². The predicted octanol–water partition coefficient (Wildman–Crippen LogP) is 2.20. The predicted molar refractivity (Wildman–Crippen MR) is 69.6 cm³/mol. The molecule has 0 aliphatic carbocycles. The minimum absolute atomic E-state index is 0.0478. The van der Waals surface area contributed by atoms with Gasteiger partial charge in [0.15, 0.2) is 0 Å². The monoisotopic (exact) mass is 301 g/mol. The third kappa shape index (κ3) is 2.61. The van der Waals surface area contributed by atoms with E-state index in [-0.39, 0.29) is 6.54 Å². The van der Waals surface area contributed by atoms with Crippen molar-refractivity contribution >= 4 is 21.9 Å². The highest BCUT2D eigenvalue weighted by atomic mass is 79.9. The quantitative estimate of drug-likeness (QED) is 0.894. The minimum Gasteiger partial charge on any atom is -0.496 e. The van der Waals surface area contributed by atoms with E-state index in [9.17, 15) is 4.79 Å². The molecule has 4 nitrogen and oxygen atoms in total. The number of carbonyl (C=O) groups is 1. The average Bonchev–Trinajstić information content (AvgIpc) is 2.27. The van der Waals surface area contributed by atoms with Crippen molar-refractivity contribution < 1.29 is 14.6 Å². The van der Waals surface area contributed by atoms with Gasteiger partial charge in [-0.25, -0.2) is 0 Å². The van der Waals surface area contributed by atoms with Gasteiger partial charge >= 0.3 is 5.97 Å². The zero-order valence-electron chi connectivity index (χ0n) is 10.1. The lowest BCUT2D eigenvalue weighted by atomic mass is 9.94. The summed E-state index contributed by atoms with van der Waals surface area (Å²) in [6.45, 7) is 3.84. The summed E-state index contributed by atoms with van der Waals surface area (Å²) in [5.41, 5.74) is 8.01. The van der Waals surface area contributed by atoms with Crippen molar-refractivity contribution in [1.29, 1.82) is 0 Å². The Morgan fingerprint density at radius 3 is 2.59 bits per heavy atom.